The average Bonchev–Trinajstić information content (AvgIpc) is 2.77. The molecule has 0 bridgehead atoms. The van der Waals surface area contributed by atoms with Crippen molar-refractivity contribution in [1.29, 1.82) is 0 Å². The van der Waals surface area contributed by atoms with Crippen LogP contribution in [0.3, 0.4) is 0 Å². The molecular weight excluding hydrogens is 282 g/mol. The normalized spacial score (nSPS) is 17.7. The van der Waals surface area contributed by atoms with Crippen molar-refractivity contribution in [3.05, 3.63) is 51.8 Å². The summed E-state index contributed by atoms with van der Waals surface area (Å²) in [6, 6.07) is 10.5. The van der Waals surface area contributed by atoms with Crippen LogP contribution in [0.4, 0.5) is 5.82 Å². The van der Waals surface area contributed by atoms with E-state index in [1.54, 1.807) is 11.8 Å². The van der Waals surface area contributed by atoms with Gasteiger partial charge in [0.1, 0.15) is 0 Å². The van der Waals surface area contributed by atoms with Crippen LogP contribution in [-0.4, -0.2) is 14.8 Å². The molecule has 110 valence electrons. The molecule has 0 amide bonds. The number of hydrogen-bond donors (Lipinski definition) is 1. The Balaban J connectivity index is 2.03. The van der Waals surface area contributed by atoms with Gasteiger partial charge in [-0.1, -0.05) is 30.3 Å². The molecule has 0 spiro atoms. The minimum absolute atomic E-state index is 0.0108. The lowest BCUT2D eigenvalue weighted by molar-refractivity contribution is 0.533. The first kappa shape index (κ1) is 14.2. The molecule has 1 aliphatic rings. The third-order valence-electron chi connectivity index (χ3n) is 3.61. The van der Waals surface area contributed by atoms with Crippen LogP contribution in [0, 0.1) is 0 Å². The minimum atomic E-state index is -0.0108. The van der Waals surface area contributed by atoms with Gasteiger partial charge in [-0.25, -0.2) is 4.99 Å². The summed E-state index contributed by atoms with van der Waals surface area (Å²) in [7, 11) is 0. The average molecular weight is 301 g/mol. The van der Waals surface area contributed by atoms with Gasteiger partial charge in [-0.2, -0.15) is 0 Å². The number of nitrogens with zero attached hydrogens (tertiary/aromatic N) is 2. The number of aromatic nitrogens is 2. The summed E-state index contributed by atoms with van der Waals surface area (Å²) in [5, 5.41) is 4.07. The fourth-order valence-corrected chi connectivity index (χ4v) is 3.80. The van der Waals surface area contributed by atoms with Crippen molar-refractivity contribution in [1.82, 2.24) is 9.78 Å². The zero-order chi connectivity index (χ0) is 15.0. The minimum Gasteiger partial charge on any atom is -0.268 e. The summed E-state index contributed by atoms with van der Waals surface area (Å²) in [5.74, 6) is 0.798. The Morgan fingerprint density at radius 1 is 1.33 bits per heavy atom. The van der Waals surface area contributed by atoms with E-state index in [0.29, 0.717) is 0 Å². The summed E-state index contributed by atoms with van der Waals surface area (Å²) >= 11 is 1.68. The molecule has 21 heavy (non-hydrogen) atoms. The fraction of sp³-hybridized carbons (Fsp3) is 0.375. The maximum absolute atomic E-state index is 12.3. The Labute approximate surface area is 128 Å². The molecule has 2 heterocycles. The van der Waals surface area contributed by atoms with Crippen molar-refractivity contribution in [3.8, 4) is 0 Å². The van der Waals surface area contributed by atoms with Crippen molar-refractivity contribution in [2.45, 2.75) is 38.5 Å². The van der Waals surface area contributed by atoms with Crippen molar-refractivity contribution in [2.75, 3.05) is 0 Å². The second kappa shape index (κ2) is 5.56. The molecule has 1 N–H and O–H groups in total. The van der Waals surface area contributed by atoms with Gasteiger partial charge in [0.15, 0.2) is 5.82 Å². The molecule has 5 heteroatoms. The molecule has 0 radical (unpaired) electrons. The van der Waals surface area contributed by atoms with E-state index in [0.717, 1.165) is 22.8 Å². The topological polar surface area (TPSA) is 50.1 Å². The Kier molecular flexibility index (Phi) is 3.76. The van der Waals surface area contributed by atoms with Gasteiger partial charge in [0.05, 0.1) is 10.6 Å². The van der Waals surface area contributed by atoms with Crippen LogP contribution in [0.2, 0.25) is 0 Å². The SMILES string of the molecule is CC1=Nc2c(c(=O)[nH]n2C(C)C)[C@H](Cc2ccccc2)S1. The van der Waals surface area contributed by atoms with Gasteiger partial charge in [0.2, 0.25) is 0 Å². The lowest BCUT2D eigenvalue weighted by Crippen LogP contribution is -2.14. The van der Waals surface area contributed by atoms with Crippen molar-refractivity contribution in [2.24, 2.45) is 4.99 Å². The van der Waals surface area contributed by atoms with Crippen molar-refractivity contribution < 1.29 is 0 Å². The number of nitrogens with one attached hydrogen (secondary N) is 1. The molecule has 3 rings (SSSR count). The zero-order valence-electron chi connectivity index (χ0n) is 12.5. The number of aromatic amines is 1. The van der Waals surface area contributed by atoms with Crippen LogP contribution in [0.25, 0.3) is 0 Å². The van der Waals surface area contributed by atoms with Crippen LogP contribution in [0.1, 0.15) is 43.2 Å². The maximum atomic E-state index is 12.3. The molecule has 2 aromatic rings. The quantitative estimate of drug-likeness (QED) is 0.936. The van der Waals surface area contributed by atoms with Gasteiger partial charge < -0.3 is 0 Å². The Bertz CT molecular complexity index is 728. The van der Waals surface area contributed by atoms with Crippen molar-refractivity contribution >= 4 is 22.6 Å². The van der Waals surface area contributed by atoms with Gasteiger partial charge in [-0.15, -0.1) is 11.8 Å². The first-order valence-electron chi connectivity index (χ1n) is 7.16. The summed E-state index contributed by atoms with van der Waals surface area (Å²) in [5.41, 5.74) is 2.04. The third-order valence-corrected chi connectivity index (χ3v) is 4.73. The van der Waals surface area contributed by atoms with E-state index in [1.165, 1.54) is 5.56 Å². The number of H-pyrrole nitrogens is 1. The second-order valence-corrected chi connectivity index (χ2v) is 6.96. The number of hydrogen-bond acceptors (Lipinski definition) is 3. The monoisotopic (exact) mass is 301 g/mol. The highest BCUT2D eigenvalue weighted by Gasteiger charge is 2.29. The molecule has 1 aliphatic heterocycles. The first-order valence-corrected chi connectivity index (χ1v) is 8.04. The third kappa shape index (κ3) is 2.70. The van der Waals surface area contributed by atoms with Crippen LogP contribution < -0.4 is 5.56 Å². The van der Waals surface area contributed by atoms with E-state index in [9.17, 15) is 4.79 Å². The number of thioether (sulfide) groups is 1. The maximum Gasteiger partial charge on any atom is 0.270 e. The number of benzene rings is 1. The van der Waals surface area contributed by atoms with E-state index in [-0.39, 0.29) is 16.9 Å². The van der Waals surface area contributed by atoms with Crippen LogP contribution >= 0.6 is 11.8 Å². The summed E-state index contributed by atoms with van der Waals surface area (Å²) < 4.78 is 1.87. The number of rotatable bonds is 3. The van der Waals surface area contributed by atoms with Gasteiger partial charge in [0, 0.05) is 11.3 Å². The summed E-state index contributed by atoms with van der Waals surface area (Å²) in [6.07, 6.45) is 0.844. The molecule has 0 unspecified atom stereocenters. The highest BCUT2D eigenvalue weighted by molar-refractivity contribution is 8.14. The van der Waals surface area contributed by atoms with Gasteiger partial charge >= 0.3 is 0 Å². The lowest BCUT2D eigenvalue weighted by Gasteiger charge is -2.21. The number of fused-ring (bicyclic) bond motifs is 1. The first-order chi connectivity index (χ1) is 10.1. The molecular formula is C16H19N3OS. The molecule has 0 aliphatic carbocycles. The molecule has 1 aromatic carbocycles. The fourth-order valence-electron chi connectivity index (χ4n) is 2.64. The molecule has 0 saturated carbocycles. The molecule has 0 fully saturated rings. The van der Waals surface area contributed by atoms with E-state index < -0.39 is 0 Å². The van der Waals surface area contributed by atoms with E-state index >= 15 is 0 Å². The summed E-state index contributed by atoms with van der Waals surface area (Å²) in [4.78, 5) is 16.9. The second-order valence-electron chi connectivity index (χ2n) is 5.57. The van der Waals surface area contributed by atoms with Crippen molar-refractivity contribution in [3.63, 3.8) is 0 Å². The molecule has 0 saturated heterocycles. The van der Waals surface area contributed by atoms with Crippen LogP contribution in [0.15, 0.2) is 40.1 Å². The largest absolute Gasteiger partial charge is 0.270 e. The Morgan fingerprint density at radius 2 is 2.05 bits per heavy atom. The zero-order valence-corrected chi connectivity index (χ0v) is 13.3. The standard InChI is InChI=1S/C16H19N3OS/c1-10(2)19-15-14(16(20)18-19)13(21-11(3)17-15)9-12-7-5-4-6-8-12/h4-8,10,13H,9H2,1-3H3,(H,18,20)/t13-/m0/s1. The van der Waals surface area contributed by atoms with E-state index in [4.69, 9.17) is 0 Å². The lowest BCUT2D eigenvalue weighted by atomic mass is 10.1. The number of aliphatic imine (C=N–C) groups is 1. The molecule has 1 aromatic heterocycles. The van der Waals surface area contributed by atoms with Crippen LogP contribution in [-0.2, 0) is 6.42 Å². The van der Waals surface area contributed by atoms with Gasteiger partial charge in [-0.05, 0) is 32.8 Å². The van der Waals surface area contributed by atoms with Gasteiger partial charge in [0.25, 0.3) is 5.56 Å². The predicted molar refractivity (Wildman–Crippen MR) is 88.7 cm³/mol. The van der Waals surface area contributed by atoms with Gasteiger partial charge in [-0.3, -0.25) is 14.6 Å². The summed E-state index contributed by atoms with van der Waals surface area (Å²) in [6.45, 7) is 6.11. The molecule has 1 atom stereocenters. The molecule has 4 nitrogen and oxygen atoms in total. The highest BCUT2D eigenvalue weighted by Crippen LogP contribution is 2.41. The van der Waals surface area contributed by atoms with E-state index in [2.05, 4.69) is 36.1 Å². The predicted octanol–water partition coefficient (Wildman–Crippen LogP) is 3.84. The Hall–Kier alpha value is -1.75. The smallest absolute Gasteiger partial charge is 0.268 e. The highest BCUT2D eigenvalue weighted by atomic mass is 32.2. The van der Waals surface area contributed by atoms with Crippen LogP contribution in [0.5, 0.6) is 0 Å². The van der Waals surface area contributed by atoms with E-state index in [1.807, 2.05) is 29.8 Å². The Morgan fingerprint density at radius 3 is 2.71 bits per heavy atom.